The van der Waals surface area contributed by atoms with Crippen LogP contribution in [0.4, 0.5) is 5.69 Å². The van der Waals surface area contributed by atoms with Crippen molar-refractivity contribution < 1.29 is 9.72 Å². The van der Waals surface area contributed by atoms with Crippen molar-refractivity contribution in [2.24, 2.45) is 0 Å². The molecule has 7 heteroatoms. The summed E-state index contributed by atoms with van der Waals surface area (Å²) in [5, 5.41) is 16.8. The molecule has 0 aliphatic rings. The van der Waals surface area contributed by atoms with Crippen molar-refractivity contribution in [2.75, 3.05) is 19.3 Å². The number of likely N-dealkylation sites (N-methyl/N-ethyl adjacent to an activating group) is 1. The molecule has 1 aromatic rings. The van der Waals surface area contributed by atoms with Crippen molar-refractivity contribution in [1.29, 1.82) is 0 Å². The highest BCUT2D eigenvalue weighted by atomic mass is 32.2. The minimum absolute atomic E-state index is 0.102. The fourth-order valence-corrected chi connectivity index (χ4v) is 2.18. The summed E-state index contributed by atoms with van der Waals surface area (Å²) >= 11 is 1.44. The Hall–Kier alpha value is -1.60. The molecule has 20 heavy (non-hydrogen) atoms. The highest BCUT2D eigenvalue weighted by Crippen LogP contribution is 2.24. The first kappa shape index (κ1) is 16.5. The summed E-state index contributed by atoms with van der Waals surface area (Å²) in [5.74, 6) is -0.419. The van der Waals surface area contributed by atoms with E-state index >= 15 is 0 Å². The minimum atomic E-state index is -0.535. The van der Waals surface area contributed by atoms with Gasteiger partial charge < -0.3 is 10.6 Å². The smallest absolute Gasteiger partial charge is 0.282 e. The summed E-state index contributed by atoms with van der Waals surface area (Å²) in [6.07, 6.45) is 1.86. The number of nitro groups is 1. The molecule has 1 amide bonds. The molecule has 0 radical (unpaired) electrons. The van der Waals surface area contributed by atoms with E-state index in [0.29, 0.717) is 6.54 Å². The lowest BCUT2D eigenvalue weighted by molar-refractivity contribution is -0.385. The highest BCUT2D eigenvalue weighted by molar-refractivity contribution is 7.98. The van der Waals surface area contributed by atoms with Gasteiger partial charge in [0.05, 0.1) is 4.92 Å². The second kappa shape index (κ2) is 7.86. The van der Waals surface area contributed by atoms with Crippen LogP contribution in [0.5, 0.6) is 0 Å². The molecule has 0 fully saturated rings. The number of hydrogen-bond acceptors (Lipinski definition) is 5. The molecule has 0 heterocycles. The van der Waals surface area contributed by atoms with Crippen LogP contribution < -0.4 is 10.6 Å². The lowest BCUT2D eigenvalue weighted by Gasteiger charge is -2.13. The number of thioether (sulfide) groups is 1. The Labute approximate surface area is 122 Å². The average molecular weight is 297 g/mol. The standard InChI is InChI=1S/C13H19N3O3S/c1-4-14-9(2)8-15-13(17)11-7-10(20-3)5-6-12(11)16(18)19/h5-7,9,14H,4,8H2,1-3H3,(H,15,17)/t9-/m1/s1. The monoisotopic (exact) mass is 297 g/mol. The number of amides is 1. The van der Waals surface area contributed by atoms with E-state index in [2.05, 4.69) is 10.6 Å². The van der Waals surface area contributed by atoms with Crippen LogP contribution in [-0.2, 0) is 0 Å². The average Bonchev–Trinajstić information content (AvgIpc) is 2.44. The molecule has 1 aromatic carbocycles. The molecular weight excluding hydrogens is 278 g/mol. The molecule has 0 unspecified atom stereocenters. The maximum atomic E-state index is 12.1. The van der Waals surface area contributed by atoms with Crippen LogP contribution in [0.25, 0.3) is 0 Å². The molecule has 6 nitrogen and oxygen atoms in total. The van der Waals surface area contributed by atoms with Gasteiger partial charge in [0.2, 0.25) is 0 Å². The molecule has 2 N–H and O–H groups in total. The zero-order valence-corrected chi connectivity index (χ0v) is 12.6. The van der Waals surface area contributed by atoms with E-state index in [0.717, 1.165) is 11.4 Å². The summed E-state index contributed by atoms with van der Waals surface area (Å²) in [7, 11) is 0. The molecule has 0 aliphatic heterocycles. The molecular formula is C13H19N3O3S. The third-order valence-electron chi connectivity index (χ3n) is 2.77. The van der Waals surface area contributed by atoms with Gasteiger partial charge in [-0.3, -0.25) is 14.9 Å². The molecule has 1 atom stereocenters. The molecule has 110 valence electrons. The summed E-state index contributed by atoms with van der Waals surface area (Å²) in [6.45, 7) is 5.15. The number of carbonyl (C=O) groups excluding carboxylic acids is 1. The van der Waals surface area contributed by atoms with Crippen LogP contribution in [-0.4, -0.2) is 36.2 Å². The number of rotatable bonds is 7. The number of nitrogens with zero attached hydrogens (tertiary/aromatic N) is 1. The fourth-order valence-electron chi connectivity index (χ4n) is 1.74. The molecule has 0 aromatic heterocycles. The SMILES string of the molecule is CCN[C@H](C)CNC(=O)c1cc(SC)ccc1[N+](=O)[O-]. The Kier molecular flexibility index (Phi) is 6.47. The largest absolute Gasteiger partial charge is 0.350 e. The van der Waals surface area contributed by atoms with E-state index in [1.807, 2.05) is 20.1 Å². The van der Waals surface area contributed by atoms with Gasteiger partial charge in [0.15, 0.2) is 0 Å². The molecule has 0 saturated heterocycles. The summed E-state index contributed by atoms with van der Waals surface area (Å²) in [6, 6.07) is 4.68. The maximum absolute atomic E-state index is 12.1. The van der Waals surface area contributed by atoms with Gasteiger partial charge in [-0.2, -0.15) is 0 Å². The minimum Gasteiger partial charge on any atom is -0.350 e. The third-order valence-corrected chi connectivity index (χ3v) is 3.49. The molecule has 0 bridgehead atoms. The second-order valence-corrected chi connectivity index (χ2v) is 5.19. The van der Waals surface area contributed by atoms with E-state index in [4.69, 9.17) is 0 Å². The van der Waals surface area contributed by atoms with Crippen LogP contribution in [0.15, 0.2) is 23.1 Å². The van der Waals surface area contributed by atoms with E-state index < -0.39 is 10.8 Å². The first-order valence-corrected chi connectivity index (χ1v) is 7.56. The number of nitrogens with one attached hydrogen (secondary N) is 2. The zero-order chi connectivity index (χ0) is 15.1. The number of hydrogen-bond donors (Lipinski definition) is 2. The van der Waals surface area contributed by atoms with Crippen molar-refractivity contribution in [3.63, 3.8) is 0 Å². The Bertz CT molecular complexity index is 494. The second-order valence-electron chi connectivity index (χ2n) is 4.31. The summed E-state index contributed by atoms with van der Waals surface area (Å²) < 4.78 is 0. The number of carbonyl (C=O) groups is 1. The van der Waals surface area contributed by atoms with Crippen LogP contribution >= 0.6 is 11.8 Å². The van der Waals surface area contributed by atoms with Crippen molar-refractivity contribution in [3.05, 3.63) is 33.9 Å². The Balaban J connectivity index is 2.87. The van der Waals surface area contributed by atoms with Crippen LogP contribution in [0.3, 0.4) is 0 Å². The van der Waals surface area contributed by atoms with Gasteiger partial charge in [-0.1, -0.05) is 6.92 Å². The van der Waals surface area contributed by atoms with Gasteiger partial charge in [-0.05, 0) is 31.9 Å². The van der Waals surface area contributed by atoms with Crippen molar-refractivity contribution in [3.8, 4) is 0 Å². The highest BCUT2D eigenvalue weighted by Gasteiger charge is 2.20. The quantitative estimate of drug-likeness (QED) is 0.457. The van der Waals surface area contributed by atoms with Crippen molar-refractivity contribution >= 4 is 23.4 Å². The maximum Gasteiger partial charge on any atom is 0.282 e. The molecule has 0 spiro atoms. The van der Waals surface area contributed by atoms with E-state index in [-0.39, 0.29) is 17.3 Å². The first-order valence-electron chi connectivity index (χ1n) is 6.33. The van der Waals surface area contributed by atoms with E-state index in [9.17, 15) is 14.9 Å². The van der Waals surface area contributed by atoms with Gasteiger partial charge in [0, 0.05) is 23.5 Å². The Morgan fingerprint density at radius 2 is 2.20 bits per heavy atom. The predicted octanol–water partition coefficient (Wildman–Crippen LogP) is 2.04. The third kappa shape index (κ3) is 4.50. The first-order chi connectivity index (χ1) is 9.49. The lowest BCUT2D eigenvalue weighted by atomic mass is 10.1. The molecule has 0 aliphatic carbocycles. The van der Waals surface area contributed by atoms with Gasteiger partial charge in [-0.15, -0.1) is 11.8 Å². The van der Waals surface area contributed by atoms with Gasteiger partial charge >= 0.3 is 0 Å². The van der Waals surface area contributed by atoms with Crippen LogP contribution in [0.2, 0.25) is 0 Å². The van der Waals surface area contributed by atoms with Crippen molar-refractivity contribution in [1.82, 2.24) is 10.6 Å². The van der Waals surface area contributed by atoms with Crippen molar-refractivity contribution in [2.45, 2.75) is 24.8 Å². The Morgan fingerprint density at radius 3 is 2.75 bits per heavy atom. The normalized spacial score (nSPS) is 11.9. The Morgan fingerprint density at radius 1 is 1.50 bits per heavy atom. The number of benzene rings is 1. The van der Waals surface area contributed by atoms with Gasteiger partial charge in [0.25, 0.3) is 11.6 Å². The van der Waals surface area contributed by atoms with Gasteiger partial charge in [0.1, 0.15) is 5.56 Å². The topological polar surface area (TPSA) is 84.3 Å². The summed E-state index contributed by atoms with van der Waals surface area (Å²) in [5.41, 5.74) is -0.0676. The lowest BCUT2D eigenvalue weighted by Crippen LogP contribution is -2.38. The van der Waals surface area contributed by atoms with E-state index in [1.165, 1.54) is 17.8 Å². The van der Waals surface area contributed by atoms with E-state index in [1.54, 1.807) is 12.1 Å². The van der Waals surface area contributed by atoms with Gasteiger partial charge in [-0.25, -0.2) is 0 Å². The van der Waals surface area contributed by atoms with Crippen LogP contribution in [0, 0.1) is 10.1 Å². The predicted molar refractivity (Wildman–Crippen MR) is 80.3 cm³/mol. The molecule has 0 saturated carbocycles. The van der Waals surface area contributed by atoms with Crippen LogP contribution in [0.1, 0.15) is 24.2 Å². The molecule has 1 rings (SSSR count). The number of nitro benzene ring substituents is 1. The fraction of sp³-hybridized carbons (Fsp3) is 0.462. The zero-order valence-electron chi connectivity index (χ0n) is 11.8. The summed E-state index contributed by atoms with van der Waals surface area (Å²) in [4.78, 5) is 23.4.